The number of fused-ring (bicyclic) bond motifs is 2. The van der Waals surface area contributed by atoms with Crippen LogP contribution in [0.5, 0.6) is 0 Å². The summed E-state index contributed by atoms with van der Waals surface area (Å²) in [6, 6.07) is 4.25. The quantitative estimate of drug-likeness (QED) is 0.219. The summed E-state index contributed by atoms with van der Waals surface area (Å²) >= 11 is 2.27. The van der Waals surface area contributed by atoms with Gasteiger partial charge >= 0.3 is 5.97 Å². The monoisotopic (exact) mass is 608 g/mol. The van der Waals surface area contributed by atoms with E-state index in [0.29, 0.717) is 29.1 Å². The molecule has 0 spiro atoms. The molecule has 40 heavy (non-hydrogen) atoms. The van der Waals surface area contributed by atoms with Crippen LogP contribution in [0.25, 0.3) is 10.2 Å². The van der Waals surface area contributed by atoms with E-state index < -0.39 is 44.0 Å². The highest BCUT2D eigenvalue weighted by molar-refractivity contribution is 7.92. The number of aryl methyl sites for hydroxylation is 1. The number of rotatable bonds is 9. The van der Waals surface area contributed by atoms with Gasteiger partial charge in [0, 0.05) is 23.6 Å². The number of thiophene rings is 1. The number of benzene rings is 1. The number of nitro benzene ring substituents is 1. The molecule has 1 aliphatic rings. The predicted molar refractivity (Wildman–Crippen MR) is 151 cm³/mol. The summed E-state index contributed by atoms with van der Waals surface area (Å²) in [6.45, 7) is 6.12. The fraction of sp³-hybridized carbons (Fsp3) is 0.440. The molecule has 0 saturated carbocycles. The average molecular weight is 609 g/mol. The maximum atomic E-state index is 12.7. The van der Waals surface area contributed by atoms with Crippen molar-refractivity contribution in [2.24, 2.45) is 10.9 Å². The normalized spacial score (nSPS) is 15.6. The van der Waals surface area contributed by atoms with E-state index in [9.17, 15) is 32.9 Å². The fourth-order valence-corrected chi connectivity index (χ4v) is 8.14. The minimum Gasteiger partial charge on any atom is -0.462 e. The van der Waals surface area contributed by atoms with Gasteiger partial charge in [-0.1, -0.05) is 18.3 Å². The number of carbonyl (C=O) groups is 3. The van der Waals surface area contributed by atoms with E-state index in [0.717, 1.165) is 34.6 Å². The molecule has 214 valence electrons. The fourth-order valence-electron chi connectivity index (χ4n) is 4.56. The van der Waals surface area contributed by atoms with Crippen LogP contribution in [-0.4, -0.2) is 53.8 Å². The van der Waals surface area contributed by atoms with Crippen LogP contribution in [0, 0.1) is 16.0 Å². The minimum absolute atomic E-state index is 0.115. The number of anilines is 1. The number of hydrogen-bond acceptors (Lipinski definition) is 10. The van der Waals surface area contributed by atoms with Crippen LogP contribution in [0.15, 0.2) is 23.2 Å². The second-order valence-electron chi connectivity index (χ2n) is 9.40. The number of amides is 2. The van der Waals surface area contributed by atoms with Gasteiger partial charge in [0.25, 0.3) is 11.6 Å². The minimum atomic E-state index is -4.20. The lowest BCUT2D eigenvalue weighted by atomic mass is 9.88. The molecule has 1 atom stereocenters. The van der Waals surface area contributed by atoms with Crippen molar-refractivity contribution in [3.8, 4) is 0 Å². The third kappa shape index (κ3) is 6.47. The molecule has 4 rings (SSSR count). The molecule has 2 amide bonds. The van der Waals surface area contributed by atoms with Gasteiger partial charge in [0.15, 0.2) is 14.6 Å². The Morgan fingerprint density at radius 3 is 2.65 bits per heavy atom. The van der Waals surface area contributed by atoms with Gasteiger partial charge in [-0.25, -0.2) is 13.2 Å². The molecule has 1 aromatic carbocycles. The lowest BCUT2D eigenvalue weighted by Gasteiger charge is -2.18. The summed E-state index contributed by atoms with van der Waals surface area (Å²) in [5, 5.41) is 13.9. The number of esters is 1. The molecule has 2 aromatic heterocycles. The van der Waals surface area contributed by atoms with Crippen molar-refractivity contribution in [2.75, 3.05) is 23.4 Å². The summed E-state index contributed by atoms with van der Waals surface area (Å²) in [4.78, 5) is 53.7. The number of non-ortho nitro benzene ring substituents is 1. The van der Waals surface area contributed by atoms with Gasteiger partial charge in [-0.2, -0.15) is 4.99 Å². The number of nitro groups is 1. The molecule has 0 saturated heterocycles. The van der Waals surface area contributed by atoms with E-state index >= 15 is 0 Å². The molecule has 2 heterocycles. The number of nitrogens with one attached hydrogen (secondary N) is 1. The predicted octanol–water partition coefficient (Wildman–Crippen LogP) is 3.47. The Morgan fingerprint density at radius 2 is 1.98 bits per heavy atom. The first-order valence-corrected chi connectivity index (χ1v) is 16.0. The summed E-state index contributed by atoms with van der Waals surface area (Å²) in [7, 11) is -4.20. The van der Waals surface area contributed by atoms with Gasteiger partial charge in [-0.15, -0.1) is 11.3 Å². The van der Waals surface area contributed by atoms with E-state index in [1.807, 2.05) is 0 Å². The van der Waals surface area contributed by atoms with Crippen molar-refractivity contribution in [3.05, 3.63) is 49.1 Å². The molecule has 15 heteroatoms. The third-order valence-corrected chi connectivity index (χ3v) is 9.95. The first kappa shape index (κ1) is 29.6. The number of sulfone groups is 1. The molecule has 1 N–H and O–H groups in total. The summed E-state index contributed by atoms with van der Waals surface area (Å²) in [5.74, 6) is -3.96. The second kappa shape index (κ2) is 12.0. The second-order valence-corrected chi connectivity index (χ2v) is 13.6. The van der Waals surface area contributed by atoms with Crippen LogP contribution in [0.2, 0.25) is 0 Å². The van der Waals surface area contributed by atoms with Gasteiger partial charge in [0.2, 0.25) is 5.91 Å². The van der Waals surface area contributed by atoms with E-state index in [4.69, 9.17) is 4.74 Å². The Morgan fingerprint density at radius 1 is 1.23 bits per heavy atom. The Labute approximate surface area is 237 Å². The third-order valence-electron chi connectivity index (χ3n) is 6.35. The van der Waals surface area contributed by atoms with Crippen molar-refractivity contribution < 1.29 is 32.5 Å². The highest BCUT2D eigenvalue weighted by Gasteiger charge is 2.30. The maximum Gasteiger partial charge on any atom is 0.341 e. The first-order chi connectivity index (χ1) is 18.9. The highest BCUT2D eigenvalue weighted by Crippen LogP contribution is 2.40. The largest absolute Gasteiger partial charge is 0.462 e. The van der Waals surface area contributed by atoms with Crippen molar-refractivity contribution in [3.63, 3.8) is 0 Å². The molecule has 1 aliphatic carbocycles. The molecular weight excluding hydrogens is 580 g/mol. The van der Waals surface area contributed by atoms with Crippen molar-refractivity contribution in [1.82, 2.24) is 4.57 Å². The zero-order chi connectivity index (χ0) is 29.2. The van der Waals surface area contributed by atoms with E-state index in [-0.39, 0.29) is 27.7 Å². The number of hydrogen-bond donors (Lipinski definition) is 1. The van der Waals surface area contributed by atoms with Gasteiger partial charge in [-0.05, 0) is 50.7 Å². The van der Waals surface area contributed by atoms with Crippen LogP contribution in [0.4, 0.5) is 10.7 Å². The van der Waals surface area contributed by atoms with E-state index in [1.165, 1.54) is 23.5 Å². The van der Waals surface area contributed by atoms with Crippen molar-refractivity contribution in [2.45, 2.75) is 46.6 Å². The van der Waals surface area contributed by atoms with E-state index in [2.05, 4.69) is 17.2 Å². The topological polar surface area (TPSA) is 167 Å². The number of nitrogens with zero attached hydrogens (tertiary/aromatic N) is 3. The molecular formula is C25H28N4O8S3. The summed E-state index contributed by atoms with van der Waals surface area (Å²) in [6.07, 6.45) is 2.30. The lowest BCUT2D eigenvalue weighted by molar-refractivity contribution is -0.384. The van der Waals surface area contributed by atoms with Gasteiger partial charge < -0.3 is 14.6 Å². The van der Waals surface area contributed by atoms with Crippen LogP contribution in [-0.2, 0) is 43.5 Å². The maximum absolute atomic E-state index is 12.7. The number of ether oxygens (including phenoxy) is 1. The Kier molecular flexibility index (Phi) is 8.85. The molecule has 3 aromatic rings. The van der Waals surface area contributed by atoms with Crippen molar-refractivity contribution >= 4 is 71.2 Å². The highest BCUT2D eigenvalue weighted by atomic mass is 32.2. The zero-order valence-electron chi connectivity index (χ0n) is 22.1. The number of thiazole rings is 1. The first-order valence-electron chi connectivity index (χ1n) is 12.6. The standard InChI is InChI=1S/C25H28N4O8S3/c1-4-28-17-9-7-15(29(33)34)11-19(17)39-25(28)27-21(31)13-40(35,36)12-20(30)26-23-22(24(32)37-5-2)16-8-6-14(3)10-18(16)38-23/h7,9,11,14H,4-6,8,10,12-13H2,1-3H3,(H,26,30). The Balaban J connectivity index is 1.51. The smallest absolute Gasteiger partial charge is 0.341 e. The Hall–Kier alpha value is -3.43. The Bertz CT molecular complexity index is 1680. The molecule has 0 bridgehead atoms. The number of aromatic nitrogens is 1. The molecule has 0 fully saturated rings. The summed E-state index contributed by atoms with van der Waals surface area (Å²) < 4.78 is 32.8. The van der Waals surface area contributed by atoms with E-state index in [1.54, 1.807) is 24.5 Å². The average Bonchev–Trinajstić information content (AvgIpc) is 3.38. The van der Waals surface area contributed by atoms with Crippen LogP contribution in [0.1, 0.15) is 48.0 Å². The zero-order valence-corrected chi connectivity index (χ0v) is 24.5. The van der Waals surface area contributed by atoms with Gasteiger partial charge in [0.1, 0.15) is 16.5 Å². The number of carbonyl (C=O) groups excluding carboxylic acids is 3. The molecule has 0 aliphatic heterocycles. The molecule has 0 radical (unpaired) electrons. The molecule has 12 nitrogen and oxygen atoms in total. The van der Waals surface area contributed by atoms with Crippen LogP contribution in [0.3, 0.4) is 0 Å². The SMILES string of the molecule is CCOC(=O)c1c(NC(=O)CS(=O)(=O)CC(=O)N=c2sc3cc([N+](=O)[O-])ccc3n2CC)sc2c1CCC(C)C2. The lowest BCUT2D eigenvalue weighted by Crippen LogP contribution is -2.28. The van der Waals surface area contributed by atoms with Crippen LogP contribution < -0.4 is 10.1 Å². The summed E-state index contributed by atoms with van der Waals surface area (Å²) in [5.41, 5.74) is 1.60. The van der Waals surface area contributed by atoms with Crippen molar-refractivity contribution in [1.29, 1.82) is 0 Å². The molecule has 1 unspecified atom stereocenters. The van der Waals surface area contributed by atoms with Gasteiger partial charge in [0.05, 0.1) is 27.3 Å². The van der Waals surface area contributed by atoms with Crippen LogP contribution >= 0.6 is 22.7 Å². The van der Waals surface area contributed by atoms with Gasteiger partial charge in [-0.3, -0.25) is 19.7 Å².